The van der Waals surface area contributed by atoms with Gasteiger partial charge in [0.1, 0.15) is 22.6 Å². The first-order chi connectivity index (χ1) is 14.5. The third kappa shape index (κ3) is 3.84. The summed E-state index contributed by atoms with van der Waals surface area (Å²) in [6.07, 6.45) is 0. The lowest BCUT2D eigenvalue weighted by atomic mass is 10.0. The molecule has 1 amide bonds. The molecule has 0 radical (unpaired) electrons. The van der Waals surface area contributed by atoms with E-state index in [9.17, 15) is 4.79 Å². The van der Waals surface area contributed by atoms with Crippen LogP contribution in [-0.4, -0.2) is 40.3 Å². The number of hydrogen-bond donors (Lipinski definition) is 2. The third-order valence-electron chi connectivity index (χ3n) is 4.76. The number of fused-ring (bicyclic) bond motifs is 1. The van der Waals surface area contributed by atoms with Gasteiger partial charge in [-0.25, -0.2) is 4.68 Å². The number of aromatic nitrogens is 3. The van der Waals surface area contributed by atoms with Crippen LogP contribution in [0.4, 0.5) is 5.69 Å². The molecule has 0 saturated carbocycles. The molecular formula is C20H20BrN5O3S. The standard InChI is InChI=1S/C20H20BrN5O3S/c1-11-23-24-20-26(11)25-17(12-8-9-15(28-2)13(21)10-12)18(30-20)19(27)22-14-6-4-5-7-16(14)29-3/h4-10,17-18,25H,1-3H3,(H,22,27)/t17-,18-/m0/s1. The lowest BCUT2D eigenvalue weighted by Gasteiger charge is -2.33. The highest BCUT2D eigenvalue weighted by molar-refractivity contribution is 9.10. The van der Waals surface area contributed by atoms with Crippen LogP contribution in [0.5, 0.6) is 11.5 Å². The maximum absolute atomic E-state index is 13.3. The third-order valence-corrected chi connectivity index (χ3v) is 6.59. The van der Waals surface area contributed by atoms with Gasteiger partial charge in [0.2, 0.25) is 11.1 Å². The van der Waals surface area contributed by atoms with Crippen molar-refractivity contribution in [2.45, 2.75) is 23.4 Å². The van der Waals surface area contributed by atoms with Crippen molar-refractivity contribution in [2.75, 3.05) is 25.0 Å². The Hall–Kier alpha value is -2.72. The van der Waals surface area contributed by atoms with Crippen LogP contribution in [0.1, 0.15) is 17.4 Å². The minimum absolute atomic E-state index is 0.166. The first-order valence-corrected chi connectivity index (χ1v) is 10.8. The number of hydrogen-bond acceptors (Lipinski definition) is 7. The molecule has 0 spiro atoms. The molecule has 0 bridgehead atoms. The maximum Gasteiger partial charge on any atom is 0.240 e. The van der Waals surface area contributed by atoms with Crippen molar-refractivity contribution in [2.24, 2.45) is 0 Å². The van der Waals surface area contributed by atoms with Crippen LogP contribution in [0, 0.1) is 6.92 Å². The van der Waals surface area contributed by atoms with Crippen LogP contribution >= 0.6 is 27.7 Å². The highest BCUT2D eigenvalue weighted by Gasteiger charge is 2.38. The normalized spacial score (nSPS) is 17.6. The summed E-state index contributed by atoms with van der Waals surface area (Å²) >= 11 is 4.90. The number of para-hydroxylation sites is 2. The van der Waals surface area contributed by atoms with Gasteiger partial charge in [-0.1, -0.05) is 30.0 Å². The largest absolute Gasteiger partial charge is 0.496 e. The Bertz CT molecular complexity index is 1090. The second-order valence-electron chi connectivity index (χ2n) is 6.59. The van der Waals surface area contributed by atoms with Gasteiger partial charge in [0.05, 0.1) is 30.4 Å². The van der Waals surface area contributed by atoms with E-state index in [2.05, 4.69) is 36.9 Å². The number of ether oxygens (including phenoxy) is 2. The Morgan fingerprint density at radius 2 is 1.93 bits per heavy atom. The molecule has 10 heteroatoms. The molecule has 30 heavy (non-hydrogen) atoms. The van der Waals surface area contributed by atoms with Gasteiger partial charge in [0.15, 0.2) is 0 Å². The van der Waals surface area contributed by atoms with Crippen molar-refractivity contribution in [3.05, 3.63) is 58.3 Å². The number of halogens is 1. The molecule has 2 heterocycles. The molecule has 0 unspecified atom stereocenters. The molecule has 3 aromatic rings. The van der Waals surface area contributed by atoms with E-state index >= 15 is 0 Å². The van der Waals surface area contributed by atoms with E-state index in [4.69, 9.17) is 9.47 Å². The van der Waals surface area contributed by atoms with E-state index < -0.39 is 5.25 Å². The highest BCUT2D eigenvalue weighted by Crippen LogP contribution is 2.39. The van der Waals surface area contributed by atoms with Crippen LogP contribution in [0.25, 0.3) is 0 Å². The second-order valence-corrected chi connectivity index (χ2v) is 8.56. The zero-order valence-corrected chi connectivity index (χ0v) is 19.0. The number of carbonyl (C=O) groups excluding carboxylic acids is 1. The van der Waals surface area contributed by atoms with Crippen LogP contribution in [0.15, 0.2) is 52.1 Å². The second kappa shape index (κ2) is 8.57. The molecule has 8 nitrogen and oxygen atoms in total. The minimum atomic E-state index is -0.494. The van der Waals surface area contributed by atoms with Gasteiger partial charge >= 0.3 is 0 Å². The number of thioether (sulfide) groups is 1. The van der Waals surface area contributed by atoms with Crippen molar-refractivity contribution < 1.29 is 14.3 Å². The maximum atomic E-state index is 13.3. The predicted molar refractivity (Wildman–Crippen MR) is 119 cm³/mol. The Morgan fingerprint density at radius 1 is 1.17 bits per heavy atom. The fourth-order valence-corrected chi connectivity index (χ4v) is 4.92. The molecular weight excluding hydrogens is 470 g/mol. The quantitative estimate of drug-likeness (QED) is 0.563. The number of nitrogens with zero attached hydrogens (tertiary/aromatic N) is 3. The summed E-state index contributed by atoms with van der Waals surface area (Å²) in [5.74, 6) is 1.88. The van der Waals surface area contributed by atoms with E-state index in [0.29, 0.717) is 16.6 Å². The van der Waals surface area contributed by atoms with E-state index in [-0.39, 0.29) is 11.9 Å². The van der Waals surface area contributed by atoms with Crippen molar-refractivity contribution in [3.8, 4) is 11.5 Å². The van der Waals surface area contributed by atoms with Crippen LogP contribution < -0.4 is 20.2 Å². The number of carbonyl (C=O) groups is 1. The van der Waals surface area contributed by atoms with Gasteiger partial charge in [-0.05, 0) is 52.7 Å². The van der Waals surface area contributed by atoms with E-state index in [1.807, 2.05) is 43.3 Å². The Labute approximate surface area is 186 Å². The SMILES string of the molecule is COc1ccc([C@@H]2Nn3c(C)nnc3S[C@@H]2C(=O)Nc2ccccc2OC)cc1Br. The summed E-state index contributed by atoms with van der Waals surface area (Å²) in [5.41, 5.74) is 4.93. The highest BCUT2D eigenvalue weighted by atomic mass is 79.9. The minimum Gasteiger partial charge on any atom is -0.496 e. The number of methoxy groups -OCH3 is 2. The van der Waals surface area contributed by atoms with Crippen molar-refractivity contribution >= 4 is 39.3 Å². The van der Waals surface area contributed by atoms with Crippen LogP contribution in [-0.2, 0) is 4.79 Å². The smallest absolute Gasteiger partial charge is 0.240 e. The summed E-state index contributed by atoms with van der Waals surface area (Å²) in [6.45, 7) is 1.86. The molecule has 156 valence electrons. The predicted octanol–water partition coefficient (Wildman–Crippen LogP) is 3.76. The fourth-order valence-electron chi connectivity index (χ4n) is 3.24. The van der Waals surface area contributed by atoms with Crippen molar-refractivity contribution in [3.63, 3.8) is 0 Å². The van der Waals surface area contributed by atoms with Gasteiger partial charge < -0.3 is 20.2 Å². The van der Waals surface area contributed by atoms with Crippen LogP contribution in [0.3, 0.4) is 0 Å². The Kier molecular flexibility index (Phi) is 5.87. The molecule has 4 rings (SSSR count). The van der Waals surface area contributed by atoms with E-state index in [1.54, 1.807) is 25.0 Å². The number of aryl methyl sites for hydroxylation is 1. The number of benzene rings is 2. The lowest BCUT2D eigenvalue weighted by Crippen LogP contribution is -2.41. The Balaban J connectivity index is 1.69. The molecule has 1 aliphatic heterocycles. The number of nitrogens with one attached hydrogen (secondary N) is 2. The monoisotopic (exact) mass is 489 g/mol. The summed E-state index contributed by atoms with van der Waals surface area (Å²) in [4.78, 5) is 13.3. The zero-order valence-electron chi connectivity index (χ0n) is 16.5. The van der Waals surface area contributed by atoms with Gasteiger partial charge in [-0.2, -0.15) is 0 Å². The van der Waals surface area contributed by atoms with E-state index in [1.165, 1.54) is 11.8 Å². The molecule has 2 N–H and O–H groups in total. The molecule has 0 saturated heterocycles. The molecule has 1 aliphatic rings. The average Bonchev–Trinajstić information content (AvgIpc) is 3.13. The van der Waals surface area contributed by atoms with Crippen molar-refractivity contribution in [1.29, 1.82) is 0 Å². The molecule has 0 fully saturated rings. The first-order valence-electron chi connectivity index (χ1n) is 9.14. The zero-order chi connectivity index (χ0) is 21.3. The molecule has 2 aromatic carbocycles. The molecule has 0 aliphatic carbocycles. The topological polar surface area (TPSA) is 90.3 Å². The average molecular weight is 490 g/mol. The summed E-state index contributed by atoms with van der Waals surface area (Å²) in [5, 5.41) is 11.4. The van der Waals surface area contributed by atoms with Gasteiger partial charge in [-0.3, -0.25) is 4.79 Å². The van der Waals surface area contributed by atoms with Gasteiger partial charge in [0, 0.05) is 0 Å². The number of amides is 1. The first kappa shape index (κ1) is 20.5. The van der Waals surface area contributed by atoms with Gasteiger partial charge in [0.25, 0.3) is 0 Å². The lowest BCUT2D eigenvalue weighted by molar-refractivity contribution is -0.116. The molecule has 1 aromatic heterocycles. The van der Waals surface area contributed by atoms with Crippen LogP contribution in [0.2, 0.25) is 0 Å². The summed E-state index contributed by atoms with van der Waals surface area (Å²) in [7, 11) is 3.19. The summed E-state index contributed by atoms with van der Waals surface area (Å²) in [6, 6.07) is 12.8. The number of anilines is 1. The summed E-state index contributed by atoms with van der Waals surface area (Å²) < 4.78 is 13.3. The number of rotatable bonds is 5. The molecule has 2 atom stereocenters. The van der Waals surface area contributed by atoms with Crippen molar-refractivity contribution in [1.82, 2.24) is 14.9 Å². The van der Waals surface area contributed by atoms with Gasteiger partial charge in [-0.15, -0.1) is 10.2 Å². The fraction of sp³-hybridized carbons (Fsp3) is 0.250. The van der Waals surface area contributed by atoms with E-state index in [0.717, 1.165) is 21.6 Å². The Morgan fingerprint density at radius 3 is 2.67 bits per heavy atom.